The van der Waals surface area contributed by atoms with Gasteiger partial charge in [-0.1, -0.05) is 36.4 Å². The molecule has 5 heteroatoms. The van der Waals surface area contributed by atoms with Gasteiger partial charge in [-0.2, -0.15) is 0 Å². The lowest BCUT2D eigenvalue weighted by Crippen LogP contribution is -2.32. The van der Waals surface area contributed by atoms with Crippen LogP contribution in [0, 0.1) is 0 Å². The quantitative estimate of drug-likeness (QED) is 0.672. The molecule has 112 valence electrons. The van der Waals surface area contributed by atoms with Gasteiger partial charge in [-0.05, 0) is 36.5 Å². The number of rotatable bonds is 4. The first-order valence-electron chi connectivity index (χ1n) is 6.67. The third-order valence-corrected chi connectivity index (χ3v) is 3.03. The zero-order valence-electron chi connectivity index (χ0n) is 12.1. The molecule has 0 heterocycles. The van der Waals surface area contributed by atoms with Crippen LogP contribution in [0.5, 0.6) is 5.75 Å². The summed E-state index contributed by atoms with van der Waals surface area (Å²) in [6.45, 7) is 0. The normalized spacial score (nSPS) is 10.2. The maximum atomic E-state index is 11.9. The van der Waals surface area contributed by atoms with Gasteiger partial charge in [0.1, 0.15) is 5.75 Å². The highest BCUT2D eigenvalue weighted by atomic mass is 32.1. The number of thiocarbonyl (C=S) groups is 1. The molecule has 0 unspecified atom stereocenters. The fraction of sp³-hybridized carbons (Fsp3) is 0.0588. The molecule has 2 rings (SSSR count). The Labute approximate surface area is 134 Å². The Morgan fingerprint density at radius 2 is 1.77 bits per heavy atom. The molecular weight excluding hydrogens is 296 g/mol. The van der Waals surface area contributed by atoms with Crippen LogP contribution in [0.3, 0.4) is 0 Å². The molecule has 0 aliphatic carbocycles. The first-order valence-corrected chi connectivity index (χ1v) is 7.08. The van der Waals surface area contributed by atoms with Crippen LogP contribution in [0.2, 0.25) is 0 Å². The van der Waals surface area contributed by atoms with E-state index in [1.165, 1.54) is 6.08 Å². The van der Waals surface area contributed by atoms with Crippen LogP contribution < -0.4 is 15.4 Å². The lowest BCUT2D eigenvalue weighted by Gasteiger charge is -2.07. The summed E-state index contributed by atoms with van der Waals surface area (Å²) in [4.78, 5) is 11.9. The second-order valence-electron chi connectivity index (χ2n) is 4.38. The van der Waals surface area contributed by atoms with Crippen molar-refractivity contribution in [1.29, 1.82) is 0 Å². The van der Waals surface area contributed by atoms with E-state index in [0.29, 0.717) is 5.75 Å². The van der Waals surface area contributed by atoms with E-state index in [9.17, 15) is 4.79 Å². The van der Waals surface area contributed by atoms with Crippen molar-refractivity contribution in [3.8, 4) is 5.75 Å². The summed E-state index contributed by atoms with van der Waals surface area (Å²) in [6, 6.07) is 16.8. The van der Waals surface area contributed by atoms with Crippen LogP contribution in [0.4, 0.5) is 5.69 Å². The van der Waals surface area contributed by atoms with E-state index in [2.05, 4.69) is 10.6 Å². The number of carbonyl (C=O) groups is 1. The molecule has 4 nitrogen and oxygen atoms in total. The maximum Gasteiger partial charge on any atom is 0.250 e. The minimum absolute atomic E-state index is 0.251. The van der Waals surface area contributed by atoms with Crippen molar-refractivity contribution in [2.75, 3.05) is 12.4 Å². The monoisotopic (exact) mass is 312 g/mol. The van der Waals surface area contributed by atoms with Crippen molar-refractivity contribution in [2.24, 2.45) is 0 Å². The van der Waals surface area contributed by atoms with Gasteiger partial charge in [0, 0.05) is 17.3 Å². The Balaban J connectivity index is 1.92. The molecule has 2 N–H and O–H groups in total. The first-order chi connectivity index (χ1) is 10.7. The molecule has 0 atom stereocenters. The van der Waals surface area contributed by atoms with Crippen molar-refractivity contribution in [3.63, 3.8) is 0 Å². The van der Waals surface area contributed by atoms with Crippen molar-refractivity contribution in [2.45, 2.75) is 0 Å². The number of para-hydroxylation sites is 2. The van der Waals surface area contributed by atoms with Crippen LogP contribution in [-0.4, -0.2) is 18.1 Å². The molecule has 0 radical (unpaired) electrons. The summed E-state index contributed by atoms with van der Waals surface area (Å²) in [5.74, 6) is 0.399. The number of methoxy groups -OCH3 is 1. The van der Waals surface area contributed by atoms with Gasteiger partial charge in [-0.25, -0.2) is 0 Å². The Hall–Kier alpha value is -2.66. The van der Waals surface area contributed by atoms with Gasteiger partial charge in [-0.15, -0.1) is 0 Å². The van der Waals surface area contributed by atoms with Crippen molar-refractivity contribution >= 4 is 35.0 Å². The molecule has 0 saturated carbocycles. The second kappa shape index (κ2) is 7.95. The van der Waals surface area contributed by atoms with E-state index in [-0.39, 0.29) is 11.0 Å². The first kappa shape index (κ1) is 15.7. The van der Waals surface area contributed by atoms with Crippen LogP contribution in [0.1, 0.15) is 5.56 Å². The topological polar surface area (TPSA) is 50.4 Å². The zero-order chi connectivity index (χ0) is 15.8. The summed E-state index contributed by atoms with van der Waals surface area (Å²) < 4.78 is 5.22. The third kappa shape index (κ3) is 4.71. The Morgan fingerprint density at radius 1 is 1.09 bits per heavy atom. The molecule has 0 aliphatic heterocycles. The molecular formula is C17H16N2O2S. The summed E-state index contributed by atoms with van der Waals surface area (Å²) in [7, 11) is 1.59. The SMILES string of the molecule is COc1ccccc1C=CC(=O)NC(=S)Nc1ccccc1. The number of amides is 1. The minimum Gasteiger partial charge on any atom is -0.496 e. The van der Waals surface area contributed by atoms with Gasteiger partial charge < -0.3 is 10.1 Å². The number of benzene rings is 2. The van der Waals surface area contributed by atoms with Gasteiger partial charge in [-0.3, -0.25) is 10.1 Å². The predicted octanol–water partition coefficient (Wildman–Crippen LogP) is 3.22. The van der Waals surface area contributed by atoms with Crippen LogP contribution in [-0.2, 0) is 4.79 Å². The third-order valence-electron chi connectivity index (χ3n) is 2.82. The predicted molar refractivity (Wildman–Crippen MR) is 92.8 cm³/mol. The molecule has 0 saturated heterocycles. The summed E-state index contributed by atoms with van der Waals surface area (Å²) >= 11 is 5.09. The van der Waals surface area contributed by atoms with E-state index in [1.807, 2.05) is 54.6 Å². The molecule has 0 spiro atoms. The molecule has 0 bridgehead atoms. The maximum absolute atomic E-state index is 11.9. The smallest absolute Gasteiger partial charge is 0.250 e. The average molecular weight is 312 g/mol. The summed E-state index contributed by atoms with van der Waals surface area (Å²) in [5, 5.41) is 5.78. The lowest BCUT2D eigenvalue weighted by atomic mass is 10.2. The highest BCUT2D eigenvalue weighted by Gasteiger charge is 2.02. The van der Waals surface area contributed by atoms with Gasteiger partial charge >= 0.3 is 0 Å². The largest absolute Gasteiger partial charge is 0.496 e. The van der Waals surface area contributed by atoms with Crippen LogP contribution in [0.25, 0.3) is 6.08 Å². The molecule has 0 aromatic heterocycles. The number of ether oxygens (including phenoxy) is 1. The second-order valence-corrected chi connectivity index (χ2v) is 4.79. The van der Waals surface area contributed by atoms with E-state index < -0.39 is 0 Å². The van der Waals surface area contributed by atoms with Crippen LogP contribution >= 0.6 is 12.2 Å². The van der Waals surface area contributed by atoms with E-state index >= 15 is 0 Å². The number of nitrogens with one attached hydrogen (secondary N) is 2. The van der Waals surface area contributed by atoms with Crippen molar-refractivity contribution < 1.29 is 9.53 Å². The lowest BCUT2D eigenvalue weighted by molar-refractivity contribution is -0.115. The van der Waals surface area contributed by atoms with Gasteiger partial charge in [0.2, 0.25) is 5.91 Å². The van der Waals surface area contributed by atoms with Gasteiger partial charge in [0.15, 0.2) is 5.11 Å². The summed E-state index contributed by atoms with van der Waals surface area (Å²) in [6.07, 6.45) is 3.09. The molecule has 1 amide bonds. The fourth-order valence-electron chi connectivity index (χ4n) is 1.81. The average Bonchev–Trinajstić information content (AvgIpc) is 2.54. The van der Waals surface area contributed by atoms with Crippen molar-refractivity contribution in [1.82, 2.24) is 5.32 Å². The van der Waals surface area contributed by atoms with E-state index in [0.717, 1.165) is 11.3 Å². The van der Waals surface area contributed by atoms with Crippen molar-refractivity contribution in [3.05, 3.63) is 66.2 Å². The van der Waals surface area contributed by atoms with E-state index in [1.54, 1.807) is 13.2 Å². The molecule has 2 aromatic carbocycles. The molecule has 22 heavy (non-hydrogen) atoms. The number of anilines is 1. The zero-order valence-corrected chi connectivity index (χ0v) is 12.9. The highest BCUT2D eigenvalue weighted by Crippen LogP contribution is 2.18. The Morgan fingerprint density at radius 3 is 2.50 bits per heavy atom. The Kier molecular flexibility index (Phi) is 5.68. The number of hydrogen-bond donors (Lipinski definition) is 2. The Bertz CT molecular complexity index is 684. The summed E-state index contributed by atoms with van der Waals surface area (Å²) in [5.41, 5.74) is 1.64. The standard InChI is InChI=1S/C17H16N2O2S/c1-21-15-10-6-5-7-13(15)11-12-16(20)19-17(22)18-14-8-3-2-4-9-14/h2-12H,1H3,(H2,18,19,20,22). The molecule has 0 fully saturated rings. The number of hydrogen-bond acceptors (Lipinski definition) is 3. The fourth-order valence-corrected chi connectivity index (χ4v) is 2.03. The highest BCUT2D eigenvalue weighted by molar-refractivity contribution is 7.80. The van der Waals surface area contributed by atoms with E-state index in [4.69, 9.17) is 17.0 Å². The van der Waals surface area contributed by atoms with Gasteiger partial charge in [0.05, 0.1) is 7.11 Å². The number of carbonyl (C=O) groups excluding carboxylic acids is 1. The molecule has 0 aliphatic rings. The molecule has 2 aromatic rings. The minimum atomic E-state index is -0.306. The van der Waals surface area contributed by atoms with Gasteiger partial charge in [0.25, 0.3) is 0 Å². The van der Waals surface area contributed by atoms with Crippen LogP contribution in [0.15, 0.2) is 60.7 Å².